The Morgan fingerprint density at radius 1 is 1.24 bits per heavy atom. The maximum absolute atomic E-state index is 3.98. The predicted molar refractivity (Wildman–Crippen MR) is 68.0 cm³/mol. The van der Waals surface area contributed by atoms with Gasteiger partial charge in [0.15, 0.2) is 0 Å². The molecule has 0 saturated carbocycles. The van der Waals surface area contributed by atoms with E-state index in [0.29, 0.717) is 0 Å². The zero-order valence-electron chi connectivity index (χ0n) is 9.48. The summed E-state index contributed by atoms with van der Waals surface area (Å²) in [5.74, 6) is 0. The summed E-state index contributed by atoms with van der Waals surface area (Å²) in [5, 5.41) is 6.76. The van der Waals surface area contributed by atoms with Gasteiger partial charge in [0.1, 0.15) is 6.33 Å². The van der Waals surface area contributed by atoms with Crippen molar-refractivity contribution >= 4 is 11.4 Å². The summed E-state index contributed by atoms with van der Waals surface area (Å²) in [6, 6.07) is 6.45. The molecule has 4 heteroatoms. The Labute approximate surface area is 100 Å². The number of benzene rings is 1. The molecule has 0 unspecified atom stereocenters. The first-order valence-electron chi connectivity index (χ1n) is 5.77. The largest absolute Gasteiger partial charge is 0.384 e. The van der Waals surface area contributed by atoms with Crippen molar-refractivity contribution in [3.05, 3.63) is 48.0 Å². The van der Waals surface area contributed by atoms with Crippen LogP contribution in [0.15, 0.2) is 36.9 Å². The minimum atomic E-state index is 0.795. The fourth-order valence-corrected chi connectivity index (χ4v) is 2.15. The highest BCUT2D eigenvalue weighted by molar-refractivity contribution is 5.62. The van der Waals surface area contributed by atoms with Gasteiger partial charge < -0.3 is 10.6 Å². The van der Waals surface area contributed by atoms with Gasteiger partial charge in [-0.2, -0.15) is 0 Å². The number of nitrogens with zero attached hydrogens (tertiary/aromatic N) is 2. The Hall–Kier alpha value is -2.10. The Balaban J connectivity index is 1.76. The zero-order chi connectivity index (χ0) is 11.5. The molecule has 2 heterocycles. The van der Waals surface area contributed by atoms with Crippen molar-refractivity contribution in [1.29, 1.82) is 0 Å². The van der Waals surface area contributed by atoms with Crippen LogP contribution in [0.3, 0.4) is 0 Å². The highest BCUT2D eigenvalue weighted by atomic mass is 14.9. The second-order valence-corrected chi connectivity index (χ2v) is 4.11. The van der Waals surface area contributed by atoms with Crippen molar-refractivity contribution in [3.8, 4) is 0 Å². The van der Waals surface area contributed by atoms with Crippen LogP contribution in [0.25, 0.3) is 0 Å². The van der Waals surface area contributed by atoms with Crippen LogP contribution in [0, 0.1) is 0 Å². The van der Waals surface area contributed by atoms with Crippen molar-refractivity contribution < 1.29 is 0 Å². The van der Waals surface area contributed by atoms with E-state index >= 15 is 0 Å². The van der Waals surface area contributed by atoms with Crippen molar-refractivity contribution in [2.24, 2.45) is 0 Å². The molecule has 1 aromatic heterocycles. The summed E-state index contributed by atoms with van der Waals surface area (Å²) in [6.45, 7) is 1.84. The monoisotopic (exact) mass is 226 g/mol. The number of nitrogens with one attached hydrogen (secondary N) is 2. The van der Waals surface area contributed by atoms with Crippen LogP contribution < -0.4 is 10.6 Å². The van der Waals surface area contributed by atoms with Crippen molar-refractivity contribution in [2.75, 3.05) is 17.2 Å². The van der Waals surface area contributed by atoms with E-state index in [1.165, 1.54) is 23.1 Å². The number of aromatic nitrogens is 2. The van der Waals surface area contributed by atoms with E-state index in [-0.39, 0.29) is 0 Å². The van der Waals surface area contributed by atoms with Gasteiger partial charge in [-0.1, -0.05) is 18.2 Å². The standard InChI is InChI=1S/C13H14N4/c1-2-10-4-5-16-13(10)11(3-1)6-17-12-7-14-9-15-8-12/h1-3,7-9,16-17H,4-6H2. The van der Waals surface area contributed by atoms with Gasteiger partial charge >= 0.3 is 0 Å². The molecule has 2 aromatic rings. The molecule has 1 aliphatic heterocycles. The molecule has 0 bridgehead atoms. The van der Waals surface area contributed by atoms with Crippen LogP contribution >= 0.6 is 0 Å². The van der Waals surface area contributed by atoms with Crippen LogP contribution in [0.4, 0.5) is 11.4 Å². The lowest BCUT2D eigenvalue weighted by atomic mass is 10.1. The van der Waals surface area contributed by atoms with Gasteiger partial charge in [-0.05, 0) is 17.5 Å². The maximum Gasteiger partial charge on any atom is 0.115 e. The van der Waals surface area contributed by atoms with E-state index in [4.69, 9.17) is 0 Å². The van der Waals surface area contributed by atoms with Crippen LogP contribution in [-0.2, 0) is 13.0 Å². The smallest absolute Gasteiger partial charge is 0.115 e. The molecule has 0 spiro atoms. The van der Waals surface area contributed by atoms with Crippen molar-refractivity contribution in [2.45, 2.75) is 13.0 Å². The fourth-order valence-electron chi connectivity index (χ4n) is 2.15. The highest BCUT2D eigenvalue weighted by Crippen LogP contribution is 2.26. The van der Waals surface area contributed by atoms with Crippen LogP contribution in [0.1, 0.15) is 11.1 Å². The number of anilines is 2. The quantitative estimate of drug-likeness (QED) is 0.841. The van der Waals surface area contributed by atoms with E-state index in [2.05, 4.69) is 38.8 Å². The minimum absolute atomic E-state index is 0.795. The lowest BCUT2D eigenvalue weighted by molar-refractivity contribution is 1.10. The Morgan fingerprint density at radius 2 is 2.12 bits per heavy atom. The van der Waals surface area contributed by atoms with Gasteiger partial charge in [-0.3, -0.25) is 0 Å². The van der Waals surface area contributed by atoms with Gasteiger partial charge in [0.05, 0.1) is 18.1 Å². The van der Waals surface area contributed by atoms with E-state index in [1.54, 1.807) is 12.4 Å². The predicted octanol–water partition coefficient (Wildman–Crippen LogP) is 2.06. The second kappa shape index (κ2) is 4.41. The third-order valence-corrected chi connectivity index (χ3v) is 2.98. The normalized spacial score (nSPS) is 12.9. The molecule has 3 rings (SSSR count). The maximum atomic E-state index is 3.98. The minimum Gasteiger partial charge on any atom is -0.384 e. The van der Waals surface area contributed by atoms with E-state index in [1.807, 2.05) is 0 Å². The van der Waals surface area contributed by atoms with Crippen molar-refractivity contribution in [1.82, 2.24) is 9.97 Å². The third kappa shape index (κ3) is 2.06. The van der Waals surface area contributed by atoms with Gasteiger partial charge in [0.2, 0.25) is 0 Å². The molecule has 4 nitrogen and oxygen atoms in total. The average molecular weight is 226 g/mol. The summed E-state index contributed by atoms with van der Waals surface area (Å²) >= 11 is 0. The summed E-state index contributed by atoms with van der Waals surface area (Å²) in [4.78, 5) is 7.96. The number of para-hydroxylation sites is 1. The van der Waals surface area contributed by atoms with Crippen LogP contribution in [0.5, 0.6) is 0 Å². The average Bonchev–Trinajstić information content (AvgIpc) is 2.86. The van der Waals surface area contributed by atoms with Crippen LogP contribution in [0.2, 0.25) is 0 Å². The zero-order valence-corrected chi connectivity index (χ0v) is 9.48. The Bertz CT molecular complexity index is 510. The second-order valence-electron chi connectivity index (χ2n) is 4.11. The fraction of sp³-hybridized carbons (Fsp3) is 0.231. The highest BCUT2D eigenvalue weighted by Gasteiger charge is 2.12. The topological polar surface area (TPSA) is 49.8 Å². The third-order valence-electron chi connectivity index (χ3n) is 2.98. The number of hydrogen-bond acceptors (Lipinski definition) is 4. The molecular weight excluding hydrogens is 212 g/mol. The first-order valence-corrected chi connectivity index (χ1v) is 5.77. The molecule has 0 radical (unpaired) electrons. The molecule has 17 heavy (non-hydrogen) atoms. The molecule has 0 aliphatic carbocycles. The van der Waals surface area contributed by atoms with Gasteiger partial charge in [0.25, 0.3) is 0 Å². The SMILES string of the molecule is c1cc2c(c(CNc3cncnc3)c1)NCC2. The molecule has 1 aliphatic rings. The molecule has 2 N–H and O–H groups in total. The van der Waals surface area contributed by atoms with E-state index in [0.717, 1.165) is 25.2 Å². The summed E-state index contributed by atoms with van der Waals surface area (Å²) in [6.07, 6.45) is 6.22. The summed E-state index contributed by atoms with van der Waals surface area (Å²) < 4.78 is 0. The lowest BCUT2D eigenvalue weighted by Gasteiger charge is -2.10. The first kappa shape index (κ1) is 10.1. The summed E-state index contributed by atoms with van der Waals surface area (Å²) in [5.41, 5.74) is 4.94. The van der Waals surface area contributed by atoms with Gasteiger partial charge in [-0.25, -0.2) is 9.97 Å². The number of fused-ring (bicyclic) bond motifs is 1. The van der Waals surface area contributed by atoms with E-state index < -0.39 is 0 Å². The Kier molecular flexibility index (Phi) is 2.62. The molecule has 86 valence electrons. The van der Waals surface area contributed by atoms with E-state index in [9.17, 15) is 0 Å². The van der Waals surface area contributed by atoms with Crippen LogP contribution in [-0.4, -0.2) is 16.5 Å². The number of hydrogen-bond donors (Lipinski definition) is 2. The molecule has 0 atom stereocenters. The molecule has 1 aromatic carbocycles. The number of rotatable bonds is 3. The molecule has 0 amide bonds. The lowest BCUT2D eigenvalue weighted by Crippen LogP contribution is -2.03. The van der Waals surface area contributed by atoms with Crippen molar-refractivity contribution in [3.63, 3.8) is 0 Å². The first-order chi connectivity index (χ1) is 8.43. The molecule has 0 saturated heterocycles. The van der Waals surface area contributed by atoms with Gasteiger partial charge in [0, 0.05) is 18.8 Å². The summed E-state index contributed by atoms with van der Waals surface area (Å²) in [7, 11) is 0. The molecule has 0 fully saturated rings. The molecular formula is C13H14N4. The van der Waals surface area contributed by atoms with Gasteiger partial charge in [-0.15, -0.1) is 0 Å². The Morgan fingerprint density at radius 3 is 3.00 bits per heavy atom.